The largest absolute Gasteiger partial charge is 0.440 e. The molecule has 0 amide bonds. The quantitative estimate of drug-likeness (QED) is 0.846. The van der Waals surface area contributed by atoms with Gasteiger partial charge in [-0.15, -0.1) is 0 Å². The third-order valence-corrected chi connectivity index (χ3v) is 4.19. The predicted molar refractivity (Wildman–Crippen MR) is 83.2 cm³/mol. The van der Waals surface area contributed by atoms with Gasteiger partial charge in [-0.3, -0.25) is 0 Å². The Kier molecular flexibility index (Phi) is 3.51. The minimum Gasteiger partial charge on any atom is -0.440 e. The molecule has 0 bridgehead atoms. The second-order valence-corrected chi connectivity index (χ2v) is 5.72. The number of ether oxygens (including phenoxy) is 1. The summed E-state index contributed by atoms with van der Waals surface area (Å²) in [4.78, 5) is 12.3. The maximum Gasteiger partial charge on any atom is 0.343 e. The lowest BCUT2D eigenvalue weighted by atomic mass is 9.84. The van der Waals surface area contributed by atoms with Crippen molar-refractivity contribution in [3.63, 3.8) is 0 Å². The molecule has 0 fully saturated rings. The fraction of sp³-hybridized carbons (Fsp3) is 0.125. The number of nitrogens with two attached hydrogens (primary N) is 1. The number of nitriles is 1. The summed E-state index contributed by atoms with van der Waals surface area (Å²) in [6.45, 7) is 1.65. The number of halogens is 1. The fourth-order valence-corrected chi connectivity index (χ4v) is 3.05. The van der Waals surface area contributed by atoms with E-state index in [9.17, 15) is 10.1 Å². The van der Waals surface area contributed by atoms with Crippen LogP contribution in [0.3, 0.4) is 0 Å². The summed E-state index contributed by atoms with van der Waals surface area (Å²) in [6, 6.07) is 11.0. The molecular formula is C16H11BrN2O3. The van der Waals surface area contributed by atoms with E-state index < -0.39 is 11.5 Å². The van der Waals surface area contributed by atoms with Gasteiger partial charge in [0.05, 0.1) is 11.5 Å². The smallest absolute Gasteiger partial charge is 0.343 e. The Morgan fingerprint density at radius 1 is 1.36 bits per heavy atom. The molecule has 0 saturated heterocycles. The van der Waals surface area contributed by atoms with Crippen molar-refractivity contribution in [3.05, 3.63) is 73.6 Å². The van der Waals surface area contributed by atoms with E-state index >= 15 is 0 Å². The maximum absolute atomic E-state index is 12.3. The van der Waals surface area contributed by atoms with Crippen LogP contribution in [0.2, 0.25) is 0 Å². The second kappa shape index (κ2) is 5.35. The minimum absolute atomic E-state index is 0.000697. The number of rotatable bonds is 1. The SMILES string of the molecule is Cc1cc2c(c(=O)o1)[C@H](c1ccccc1Br)C(C#N)=C(N)O2. The van der Waals surface area contributed by atoms with E-state index in [1.165, 1.54) is 0 Å². The Balaban J connectivity index is 2.35. The van der Waals surface area contributed by atoms with Gasteiger partial charge in [0.15, 0.2) is 0 Å². The zero-order chi connectivity index (χ0) is 15.9. The molecule has 110 valence electrons. The first-order valence-corrected chi connectivity index (χ1v) is 7.29. The van der Waals surface area contributed by atoms with Crippen LogP contribution in [0, 0.1) is 18.3 Å². The Hall–Kier alpha value is -2.52. The van der Waals surface area contributed by atoms with Gasteiger partial charge in [-0.2, -0.15) is 5.26 Å². The third-order valence-electron chi connectivity index (χ3n) is 3.47. The Bertz CT molecular complexity index is 893. The molecule has 1 aliphatic heterocycles. The van der Waals surface area contributed by atoms with Crippen LogP contribution in [0.4, 0.5) is 0 Å². The van der Waals surface area contributed by atoms with E-state index in [4.69, 9.17) is 14.9 Å². The highest BCUT2D eigenvalue weighted by Crippen LogP contribution is 2.42. The first-order valence-electron chi connectivity index (χ1n) is 6.49. The normalized spacial score (nSPS) is 16.7. The Morgan fingerprint density at radius 3 is 2.77 bits per heavy atom. The molecule has 2 aromatic rings. The highest BCUT2D eigenvalue weighted by atomic mass is 79.9. The zero-order valence-electron chi connectivity index (χ0n) is 11.6. The van der Waals surface area contributed by atoms with Crippen molar-refractivity contribution < 1.29 is 9.15 Å². The monoisotopic (exact) mass is 358 g/mol. The van der Waals surface area contributed by atoms with Crippen molar-refractivity contribution in [2.24, 2.45) is 5.73 Å². The first-order chi connectivity index (χ1) is 10.5. The summed E-state index contributed by atoms with van der Waals surface area (Å²) in [5.74, 6) is 0.121. The lowest BCUT2D eigenvalue weighted by molar-refractivity contribution is 0.371. The summed E-state index contributed by atoms with van der Waals surface area (Å²) >= 11 is 3.45. The fourth-order valence-electron chi connectivity index (χ4n) is 2.54. The highest BCUT2D eigenvalue weighted by Gasteiger charge is 2.35. The molecule has 0 spiro atoms. The molecule has 0 radical (unpaired) electrons. The van der Waals surface area contributed by atoms with Crippen molar-refractivity contribution >= 4 is 15.9 Å². The molecule has 22 heavy (non-hydrogen) atoms. The molecule has 3 rings (SSSR count). The molecular weight excluding hydrogens is 348 g/mol. The highest BCUT2D eigenvalue weighted by molar-refractivity contribution is 9.10. The van der Waals surface area contributed by atoms with E-state index in [0.717, 1.165) is 10.0 Å². The topological polar surface area (TPSA) is 89.2 Å². The molecule has 0 saturated carbocycles. The molecule has 6 heteroatoms. The first kappa shape index (κ1) is 14.4. The van der Waals surface area contributed by atoms with Gasteiger partial charge in [-0.05, 0) is 18.6 Å². The third kappa shape index (κ3) is 2.20. The van der Waals surface area contributed by atoms with Gasteiger partial charge in [-0.1, -0.05) is 34.1 Å². The van der Waals surface area contributed by atoms with Gasteiger partial charge < -0.3 is 14.9 Å². The number of hydrogen-bond donors (Lipinski definition) is 1. The minimum atomic E-state index is -0.624. The van der Waals surface area contributed by atoms with Crippen LogP contribution in [-0.2, 0) is 0 Å². The number of benzene rings is 1. The van der Waals surface area contributed by atoms with Crippen LogP contribution in [-0.4, -0.2) is 0 Å². The zero-order valence-corrected chi connectivity index (χ0v) is 13.2. The van der Waals surface area contributed by atoms with Crippen LogP contribution >= 0.6 is 15.9 Å². The van der Waals surface area contributed by atoms with Crippen molar-refractivity contribution in [2.45, 2.75) is 12.8 Å². The summed E-state index contributed by atoms with van der Waals surface area (Å²) in [5, 5.41) is 9.44. The van der Waals surface area contributed by atoms with Crippen LogP contribution in [0.25, 0.3) is 0 Å². The van der Waals surface area contributed by atoms with E-state index in [0.29, 0.717) is 11.5 Å². The van der Waals surface area contributed by atoms with Gasteiger partial charge in [0.1, 0.15) is 23.2 Å². The van der Waals surface area contributed by atoms with Crippen molar-refractivity contribution in [1.29, 1.82) is 5.26 Å². The molecule has 1 atom stereocenters. The van der Waals surface area contributed by atoms with Gasteiger partial charge >= 0.3 is 5.63 Å². The molecule has 5 nitrogen and oxygen atoms in total. The number of allylic oxidation sites excluding steroid dienone is 1. The molecule has 1 aliphatic rings. The van der Waals surface area contributed by atoms with Crippen molar-refractivity contribution in [3.8, 4) is 11.8 Å². The van der Waals surface area contributed by atoms with E-state index in [-0.39, 0.29) is 17.0 Å². The number of aryl methyl sites for hydroxylation is 1. The standard InChI is InChI=1S/C16H11BrN2O3/c1-8-6-12-14(16(20)21-8)13(10(7-18)15(19)22-12)9-4-2-3-5-11(9)17/h2-6,13H,19H2,1H3/t13-/m1/s1. The summed E-state index contributed by atoms with van der Waals surface area (Å²) in [6.07, 6.45) is 0. The number of fused-ring (bicyclic) bond motifs is 1. The van der Waals surface area contributed by atoms with Crippen LogP contribution in [0.5, 0.6) is 5.75 Å². The average Bonchev–Trinajstić information content (AvgIpc) is 2.46. The van der Waals surface area contributed by atoms with Gasteiger partial charge in [-0.25, -0.2) is 4.79 Å². The molecule has 0 unspecified atom stereocenters. The lowest BCUT2D eigenvalue weighted by Crippen LogP contribution is -2.26. The van der Waals surface area contributed by atoms with Gasteiger partial charge in [0, 0.05) is 10.5 Å². The molecule has 0 aliphatic carbocycles. The van der Waals surface area contributed by atoms with Gasteiger partial charge in [0.25, 0.3) is 0 Å². The molecule has 2 N–H and O–H groups in total. The van der Waals surface area contributed by atoms with E-state index in [2.05, 4.69) is 15.9 Å². The van der Waals surface area contributed by atoms with Crippen molar-refractivity contribution in [2.75, 3.05) is 0 Å². The summed E-state index contributed by atoms with van der Waals surface area (Å²) < 4.78 is 11.4. The maximum atomic E-state index is 12.3. The second-order valence-electron chi connectivity index (χ2n) is 4.87. The Labute approximate surface area is 134 Å². The van der Waals surface area contributed by atoms with Crippen LogP contribution in [0.15, 0.2) is 55.5 Å². The molecule has 1 aromatic heterocycles. The average molecular weight is 359 g/mol. The Morgan fingerprint density at radius 2 is 2.09 bits per heavy atom. The molecule has 2 heterocycles. The number of hydrogen-bond acceptors (Lipinski definition) is 5. The predicted octanol–water partition coefficient (Wildman–Crippen LogP) is 2.93. The lowest BCUT2D eigenvalue weighted by Gasteiger charge is -2.25. The van der Waals surface area contributed by atoms with Crippen LogP contribution in [0.1, 0.15) is 22.8 Å². The van der Waals surface area contributed by atoms with Gasteiger partial charge in [0.2, 0.25) is 5.88 Å². The molecule has 1 aromatic carbocycles. The summed E-state index contributed by atoms with van der Waals surface area (Å²) in [5.41, 5.74) is 6.56. The number of nitrogens with zero attached hydrogens (tertiary/aromatic N) is 1. The van der Waals surface area contributed by atoms with E-state index in [1.54, 1.807) is 13.0 Å². The summed E-state index contributed by atoms with van der Waals surface area (Å²) in [7, 11) is 0. The van der Waals surface area contributed by atoms with Crippen LogP contribution < -0.4 is 16.1 Å². The van der Waals surface area contributed by atoms with E-state index in [1.807, 2.05) is 30.3 Å². The van der Waals surface area contributed by atoms with Crippen molar-refractivity contribution in [1.82, 2.24) is 0 Å².